The van der Waals surface area contributed by atoms with E-state index in [1.165, 1.54) is 0 Å². The minimum atomic E-state index is -1.17. The number of hydrogen-bond donors (Lipinski definition) is 0. The molecule has 17 heavy (non-hydrogen) atoms. The van der Waals surface area contributed by atoms with E-state index in [2.05, 4.69) is 0 Å². The van der Waals surface area contributed by atoms with Crippen molar-refractivity contribution in [3.05, 3.63) is 35.1 Å². The Hall–Kier alpha value is -0.813. The van der Waals surface area contributed by atoms with Crippen molar-refractivity contribution < 1.29 is 17.6 Å². The van der Waals surface area contributed by atoms with Gasteiger partial charge in [-0.2, -0.15) is 0 Å². The highest BCUT2D eigenvalue weighted by molar-refractivity contribution is 6.27. The molecule has 0 aromatic heterocycles. The molecule has 0 N–H and O–H groups in total. The lowest BCUT2D eigenvalue weighted by Gasteiger charge is -2.25. The van der Waals surface area contributed by atoms with Gasteiger partial charge in [0.05, 0.1) is 5.60 Å². The standard InChI is InChI=1S/C12H15F3OSi/c1-4-17-16-12(2,3)7-8-5-10(14)11(15)6-9(8)13/h5-6H,4,7H2,1-3H3. The average Bonchev–Trinajstić information content (AvgIpc) is 2.23. The maximum absolute atomic E-state index is 13.4. The van der Waals surface area contributed by atoms with Crippen molar-refractivity contribution in [2.75, 3.05) is 0 Å². The molecule has 94 valence electrons. The first-order chi connectivity index (χ1) is 7.85. The van der Waals surface area contributed by atoms with Crippen molar-refractivity contribution in [3.8, 4) is 0 Å². The molecule has 0 spiro atoms. The summed E-state index contributed by atoms with van der Waals surface area (Å²) in [5.74, 6) is -2.93. The van der Waals surface area contributed by atoms with Crippen molar-refractivity contribution >= 4 is 9.76 Å². The van der Waals surface area contributed by atoms with Crippen LogP contribution in [0, 0.1) is 17.5 Å². The van der Waals surface area contributed by atoms with Crippen molar-refractivity contribution in [2.24, 2.45) is 0 Å². The third kappa shape index (κ3) is 4.16. The fourth-order valence-corrected chi connectivity index (χ4v) is 2.07. The molecule has 0 fully saturated rings. The van der Waals surface area contributed by atoms with Crippen LogP contribution in [0.1, 0.15) is 26.3 Å². The second kappa shape index (κ2) is 5.69. The van der Waals surface area contributed by atoms with Gasteiger partial charge >= 0.3 is 0 Å². The van der Waals surface area contributed by atoms with Crippen LogP contribution in [0.25, 0.3) is 0 Å². The molecule has 0 saturated carbocycles. The summed E-state index contributed by atoms with van der Waals surface area (Å²) in [4.78, 5) is 0. The van der Waals surface area contributed by atoms with Crippen LogP contribution < -0.4 is 0 Å². The summed E-state index contributed by atoms with van der Waals surface area (Å²) in [6.45, 7) is 5.58. The van der Waals surface area contributed by atoms with Crippen molar-refractivity contribution in [3.63, 3.8) is 0 Å². The second-order valence-electron chi connectivity index (χ2n) is 4.39. The maximum atomic E-state index is 13.4. The van der Waals surface area contributed by atoms with Crippen molar-refractivity contribution in [2.45, 2.75) is 38.8 Å². The molecule has 0 heterocycles. The Balaban J connectivity index is 2.84. The summed E-state index contributed by atoms with van der Waals surface area (Å²) in [6.07, 6.45) is 0.211. The van der Waals surface area contributed by atoms with Gasteiger partial charge in [0.1, 0.15) is 5.82 Å². The van der Waals surface area contributed by atoms with Gasteiger partial charge in [0.15, 0.2) is 11.6 Å². The van der Waals surface area contributed by atoms with Gasteiger partial charge in [0, 0.05) is 12.5 Å². The zero-order valence-electron chi connectivity index (χ0n) is 10.1. The number of rotatable bonds is 5. The first kappa shape index (κ1) is 14.2. The van der Waals surface area contributed by atoms with Crippen LogP contribution in [-0.4, -0.2) is 15.4 Å². The maximum Gasteiger partial charge on any atom is 0.230 e. The lowest BCUT2D eigenvalue weighted by molar-refractivity contribution is 0.115. The summed E-state index contributed by atoms with van der Waals surface area (Å²) < 4.78 is 44.7. The minimum absolute atomic E-state index is 0.134. The molecule has 1 aromatic carbocycles. The van der Waals surface area contributed by atoms with Gasteiger partial charge in [-0.3, -0.25) is 0 Å². The van der Waals surface area contributed by atoms with Crippen molar-refractivity contribution in [1.29, 1.82) is 0 Å². The molecule has 0 aliphatic heterocycles. The molecule has 0 aliphatic rings. The lowest BCUT2D eigenvalue weighted by atomic mass is 9.98. The molecule has 0 amide bonds. The number of benzene rings is 1. The summed E-state index contributed by atoms with van der Waals surface area (Å²) >= 11 is 0. The molecular weight excluding hydrogens is 245 g/mol. The highest BCUT2D eigenvalue weighted by atomic mass is 28.2. The van der Waals surface area contributed by atoms with E-state index < -0.39 is 23.1 Å². The Kier molecular flexibility index (Phi) is 4.77. The fourth-order valence-electron chi connectivity index (χ4n) is 1.46. The molecule has 1 nitrogen and oxygen atoms in total. The predicted octanol–water partition coefficient (Wildman–Crippen LogP) is 3.50. The van der Waals surface area contributed by atoms with Gasteiger partial charge in [-0.1, -0.05) is 6.92 Å². The first-order valence-corrected chi connectivity index (χ1v) is 6.51. The fraction of sp³-hybridized carbons (Fsp3) is 0.500. The molecule has 1 aromatic rings. The molecule has 0 bridgehead atoms. The predicted molar refractivity (Wildman–Crippen MR) is 61.4 cm³/mol. The summed E-state index contributed by atoms with van der Waals surface area (Å²) in [7, 11) is 0.319. The molecule has 0 unspecified atom stereocenters. The smallest absolute Gasteiger partial charge is 0.230 e. The third-order valence-corrected chi connectivity index (χ3v) is 3.18. The van der Waals surface area contributed by atoms with Crippen LogP contribution in [0.2, 0.25) is 6.04 Å². The SMILES string of the molecule is CC[Si]OC(C)(C)Cc1cc(F)c(F)cc1F. The third-order valence-electron chi connectivity index (χ3n) is 2.20. The largest absolute Gasteiger partial charge is 0.412 e. The van der Waals surface area contributed by atoms with Crippen LogP contribution >= 0.6 is 0 Å². The minimum Gasteiger partial charge on any atom is -0.412 e. The lowest BCUT2D eigenvalue weighted by Crippen LogP contribution is -2.29. The highest BCUT2D eigenvalue weighted by Crippen LogP contribution is 2.21. The van der Waals surface area contributed by atoms with E-state index in [0.29, 0.717) is 15.8 Å². The van der Waals surface area contributed by atoms with Gasteiger partial charge in [0.2, 0.25) is 9.76 Å². The van der Waals surface area contributed by atoms with Crippen LogP contribution in [0.5, 0.6) is 0 Å². The van der Waals surface area contributed by atoms with E-state index in [1.807, 2.05) is 6.92 Å². The topological polar surface area (TPSA) is 9.23 Å². The molecular formula is C12H15F3OSi. The van der Waals surface area contributed by atoms with E-state index in [-0.39, 0.29) is 12.0 Å². The van der Waals surface area contributed by atoms with E-state index >= 15 is 0 Å². The monoisotopic (exact) mass is 260 g/mol. The average molecular weight is 260 g/mol. The zero-order chi connectivity index (χ0) is 13.1. The quantitative estimate of drug-likeness (QED) is 0.581. The van der Waals surface area contributed by atoms with E-state index in [4.69, 9.17) is 4.43 Å². The normalized spacial score (nSPS) is 11.9. The van der Waals surface area contributed by atoms with Gasteiger partial charge in [-0.15, -0.1) is 0 Å². The highest BCUT2D eigenvalue weighted by Gasteiger charge is 2.22. The van der Waals surface area contributed by atoms with Gasteiger partial charge in [-0.25, -0.2) is 13.2 Å². The Morgan fingerprint density at radius 2 is 1.71 bits per heavy atom. The molecule has 0 atom stereocenters. The number of hydrogen-bond acceptors (Lipinski definition) is 1. The van der Waals surface area contributed by atoms with Crippen LogP contribution in [0.3, 0.4) is 0 Å². The van der Waals surface area contributed by atoms with Crippen LogP contribution in [0.4, 0.5) is 13.2 Å². The summed E-state index contributed by atoms with van der Waals surface area (Å²) in [5.41, 5.74) is -0.450. The molecule has 1 rings (SSSR count). The zero-order valence-corrected chi connectivity index (χ0v) is 11.1. The summed E-state index contributed by atoms with van der Waals surface area (Å²) in [6, 6.07) is 2.34. The molecule has 0 saturated heterocycles. The van der Waals surface area contributed by atoms with Crippen molar-refractivity contribution in [1.82, 2.24) is 0 Å². The van der Waals surface area contributed by atoms with Gasteiger partial charge in [-0.05, 0) is 31.5 Å². The van der Waals surface area contributed by atoms with E-state index in [0.717, 1.165) is 12.1 Å². The first-order valence-electron chi connectivity index (χ1n) is 5.40. The number of halogens is 3. The van der Waals surface area contributed by atoms with Crippen LogP contribution in [0.15, 0.2) is 12.1 Å². The Bertz CT molecular complexity index is 394. The van der Waals surface area contributed by atoms with Gasteiger partial charge < -0.3 is 4.43 Å². The van der Waals surface area contributed by atoms with Gasteiger partial charge in [0.25, 0.3) is 0 Å². The van der Waals surface area contributed by atoms with E-state index in [9.17, 15) is 13.2 Å². The molecule has 5 heteroatoms. The molecule has 2 radical (unpaired) electrons. The molecule has 0 aliphatic carbocycles. The Morgan fingerprint density at radius 1 is 1.12 bits per heavy atom. The summed E-state index contributed by atoms with van der Waals surface area (Å²) in [5, 5.41) is 0. The second-order valence-corrected chi connectivity index (χ2v) is 5.59. The van der Waals surface area contributed by atoms with E-state index in [1.54, 1.807) is 13.8 Å². The Labute approximate surface area is 102 Å². The van der Waals surface area contributed by atoms with Crippen LogP contribution in [-0.2, 0) is 10.8 Å². The Morgan fingerprint density at radius 3 is 2.29 bits per heavy atom.